The number of aromatic nitrogens is 1. The third-order valence-electron chi connectivity index (χ3n) is 3.01. The molecular formula is C11H13N3OS. The van der Waals surface area contributed by atoms with E-state index >= 15 is 0 Å². The van der Waals surface area contributed by atoms with Crippen molar-refractivity contribution in [2.75, 3.05) is 0 Å². The Morgan fingerprint density at radius 3 is 2.94 bits per heavy atom. The second kappa shape index (κ2) is 4.62. The summed E-state index contributed by atoms with van der Waals surface area (Å²) in [5, 5.41) is 12.0. The van der Waals surface area contributed by atoms with Gasteiger partial charge in [0.15, 0.2) is 0 Å². The van der Waals surface area contributed by atoms with Crippen LogP contribution in [0, 0.1) is 16.7 Å². The van der Waals surface area contributed by atoms with Crippen molar-refractivity contribution >= 4 is 17.2 Å². The highest BCUT2D eigenvalue weighted by molar-refractivity contribution is 7.09. The van der Waals surface area contributed by atoms with Crippen molar-refractivity contribution in [1.82, 2.24) is 10.3 Å². The molecule has 0 aliphatic heterocycles. The van der Waals surface area contributed by atoms with E-state index in [4.69, 9.17) is 5.26 Å². The topological polar surface area (TPSA) is 65.8 Å². The third kappa shape index (κ3) is 2.07. The summed E-state index contributed by atoms with van der Waals surface area (Å²) in [6.45, 7) is 0.479. The van der Waals surface area contributed by atoms with E-state index in [2.05, 4.69) is 16.4 Å². The molecule has 0 aromatic carbocycles. The van der Waals surface area contributed by atoms with Gasteiger partial charge in [-0.3, -0.25) is 9.78 Å². The number of carbonyl (C=O) groups excluding carboxylic acids is 1. The molecule has 1 saturated carbocycles. The summed E-state index contributed by atoms with van der Waals surface area (Å²) in [5.74, 6) is -0.124. The molecule has 5 heteroatoms. The minimum atomic E-state index is -0.773. The maximum Gasteiger partial charge on any atom is 0.240 e. The number of nitriles is 1. The Labute approximate surface area is 98.3 Å². The molecular weight excluding hydrogens is 222 g/mol. The summed E-state index contributed by atoms with van der Waals surface area (Å²) in [6, 6.07) is 2.18. The monoisotopic (exact) mass is 235 g/mol. The summed E-state index contributed by atoms with van der Waals surface area (Å²) >= 11 is 1.51. The average Bonchev–Trinajstić information content (AvgIpc) is 2.97. The molecule has 1 aromatic heterocycles. The molecule has 1 aromatic rings. The van der Waals surface area contributed by atoms with Gasteiger partial charge in [0.25, 0.3) is 0 Å². The van der Waals surface area contributed by atoms with Gasteiger partial charge >= 0.3 is 0 Å². The van der Waals surface area contributed by atoms with Crippen molar-refractivity contribution in [3.63, 3.8) is 0 Å². The van der Waals surface area contributed by atoms with Crippen molar-refractivity contribution < 1.29 is 4.79 Å². The van der Waals surface area contributed by atoms with Gasteiger partial charge in [-0.1, -0.05) is 12.8 Å². The molecule has 0 saturated heterocycles. The molecule has 1 amide bonds. The Morgan fingerprint density at radius 1 is 1.62 bits per heavy atom. The second-order valence-corrected chi connectivity index (χ2v) is 5.02. The van der Waals surface area contributed by atoms with Gasteiger partial charge in [-0.15, -0.1) is 11.3 Å². The lowest BCUT2D eigenvalue weighted by Gasteiger charge is -2.18. The number of carbonyl (C=O) groups is 1. The van der Waals surface area contributed by atoms with E-state index < -0.39 is 5.41 Å². The first kappa shape index (κ1) is 11.1. The molecule has 1 aliphatic rings. The first-order chi connectivity index (χ1) is 7.77. The summed E-state index contributed by atoms with van der Waals surface area (Å²) in [4.78, 5) is 16.9. The van der Waals surface area contributed by atoms with Crippen LogP contribution in [0.5, 0.6) is 0 Å². The van der Waals surface area contributed by atoms with Crippen LogP contribution in [0.25, 0.3) is 0 Å². The lowest BCUT2D eigenvalue weighted by atomic mass is 9.87. The van der Waals surface area contributed by atoms with Gasteiger partial charge in [-0.2, -0.15) is 5.26 Å². The zero-order valence-electron chi connectivity index (χ0n) is 8.90. The molecule has 1 fully saturated rings. The molecule has 1 aliphatic carbocycles. The first-order valence-electron chi connectivity index (χ1n) is 5.34. The quantitative estimate of drug-likeness (QED) is 0.869. The van der Waals surface area contributed by atoms with E-state index in [1.165, 1.54) is 11.3 Å². The van der Waals surface area contributed by atoms with Crippen LogP contribution in [0.15, 0.2) is 11.7 Å². The number of hydrogen-bond acceptors (Lipinski definition) is 4. The average molecular weight is 235 g/mol. The summed E-state index contributed by atoms with van der Waals surface area (Å²) < 4.78 is 0. The molecule has 0 spiro atoms. The predicted molar refractivity (Wildman–Crippen MR) is 60.5 cm³/mol. The van der Waals surface area contributed by atoms with E-state index in [0.717, 1.165) is 17.7 Å². The zero-order valence-corrected chi connectivity index (χ0v) is 9.72. The van der Waals surface area contributed by atoms with Crippen molar-refractivity contribution in [3.05, 3.63) is 16.6 Å². The first-order valence-corrected chi connectivity index (χ1v) is 6.22. The summed E-state index contributed by atoms with van der Waals surface area (Å²) in [7, 11) is 0. The molecule has 1 N–H and O–H groups in total. The van der Waals surface area contributed by atoms with Gasteiger partial charge in [0.05, 0.1) is 18.1 Å². The Hall–Kier alpha value is -1.41. The van der Waals surface area contributed by atoms with E-state index in [9.17, 15) is 4.79 Å². The molecule has 1 heterocycles. The summed E-state index contributed by atoms with van der Waals surface area (Å²) in [5.41, 5.74) is 0.960. The number of nitrogens with one attached hydrogen (secondary N) is 1. The third-order valence-corrected chi connectivity index (χ3v) is 3.79. The van der Waals surface area contributed by atoms with Gasteiger partial charge in [0.1, 0.15) is 5.41 Å². The van der Waals surface area contributed by atoms with Crippen molar-refractivity contribution in [3.8, 4) is 6.07 Å². The van der Waals surface area contributed by atoms with Crippen molar-refractivity contribution in [2.45, 2.75) is 32.2 Å². The highest BCUT2D eigenvalue weighted by Crippen LogP contribution is 2.37. The van der Waals surface area contributed by atoms with Crippen molar-refractivity contribution in [2.24, 2.45) is 5.41 Å². The molecule has 0 atom stereocenters. The molecule has 0 bridgehead atoms. The van der Waals surface area contributed by atoms with Gasteiger partial charge < -0.3 is 5.32 Å². The highest BCUT2D eigenvalue weighted by Gasteiger charge is 2.41. The Morgan fingerprint density at radius 2 is 2.38 bits per heavy atom. The Balaban J connectivity index is 1.95. The van der Waals surface area contributed by atoms with E-state index in [-0.39, 0.29) is 5.91 Å². The van der Waals surface area contributed by atoms with Crippen LogP contribution in [0.1, 0.15) is 30.6 Å². The standard InChI is InChI=1S/C11H13N3OS/c12-7-11(3-1-2-4-11)10(15)14-6-9-5-13-8-16-9/h5,8H,1-4,6H2,(H,14,15). The minimum absolute atomic E-state index is 0.124. The second-order valence-electron chi connectivity index (χ2n) is 4.05. The molecule has 84 valence electrons. The molecule has 0 unspecified atom stereocenters. The maximum absolute atomic E-state index is 11.9. The number of thiazole rings is 1. The van der Waals surface area contributed by atoms with Gasteiger partial charge in [-0.05, 0) is 12.8 Å². The van der Waals surface area contributed by atoms with Gasteiger partial charge in [0.2, 0.25) is 5.91 Å². The molecule has 0 radical (unpaired) electrons. The van der Waals surface area contributed by atoms with Crippen LogP contribution < -0.4 is 5.32 Å². The fourth-order valence-electron chi connectivity index (χ4n) is 2.03. The number of nitrogens with zero attached hydrogens (tertiary/aromatic N) is 2. The highest BCUT2D eigenvalue weighted by atomic mass is 32.1. The largest absolute Gasteiger partial charge is 0.350 e. The molecule has 2 rings (SSSR count). The predicted octanol–water partition coefficient (Wildman–Crippen LogP) is 1.84. The fraction of sp³-hybridized carbons (Fsp3) is 0.545. The Bertz CT molecular complexity index is 401. The van der Waals surface area contributed by atoms with Crippen LogP contribution >= 0.6 is 11.3 Å². The van der Waals surface area contributed by atoms with Crippen LogP contribution in [0.2, 0.25) is 0 Å². The van der Waals surface area contributed by atoms with Crippen LogP contribution in [-0.4, -0.2) is 10.9 Å². The Kier molecular flexibility index (Phi) is 3.20. The van der Waals surface area contributed by atoms with Crippen LogP contribution in [0.4, 0.5) is 0 Å². The van der Waals surface area contributed by atoms with E-state index in [0.29, 0.717) is 19.4 Å². The lowest BCUT2D eigenvalue weighted by molar-refractivity contribution is -0.128. The van der Waals surface area contributed by atoms with E-state index in [1.807, 2.05) is 0 Å². The van der Waals surface area contributed by atoms with Gasteiger partial charge in [0, 0.05) is 11.1 Å². The lowest BCUT2D eigenvalue weighted by Crippen LogP contribution is -2.37. The van der Waals surface area contributed by atoms with Crippen LogP contribution in [0.3, 0.4) is 0 Å². The number of rotatable bonds is 3. The number of hydrogen-bond donors (Lipinski definition) is 1. The number of amides is 1. The maximum atomic E-state index is 11.9. The SMILES string of the molecule is N#CC1(C(=O)NCc2cncs2)CCCC1. The molecule has 16 heavy (non-hydrogen) atoms. The van der Waals surface area contributed by atoms with Crippen molar-refractivity contribution in [1.29, 1.82) is 5.26 Å². The molecule has 4 nitrogen and oxygen atoms in total. The normalized spacial score (nSPS) is 17.9. The van der Waals surface area contributed by atoms with Crippen LogP contribution in [-0.2, 0) is 11.3 Å². The summed E-state index contributed by atoms with van der Waals surface area (Å²) in [6.07, 6.45) is 5.07. The van der Waals surface area contributed by atoms with E-state index in [1.54, 1.807) is 11.7 Å². The van der Waals surface area contributed by atoms with Gasteiger partial charge in [-0.25, -0.2) is 0 Å². The zero-order chi connectivity index (χ0) is 11.4. The minimum Gasteiger partial charge on any atom is -0.350 e. The fourth-order valence-corrected chi connectivity index (χ4v) is 2.57. The smallest absolute Gasteiger partial charge is 0.240 e.